The van der Waals surface area contributed by atoms with Crippen LogP contribution in [0.4, 0.5) is 0 Å². The number of amides is 2. The molecule has 1 aliphatic rings. The summed E-state index contributed by atoms with van der Waals surface area (Å²) < 4.78 is 0. The number of aryl methyl sites for hydroxylation is 2. The normalized spacial score (nSPS) is 14.6. The van der Waals surface area contributed by atoms with E-state index in [2.05, 4.69) is 4.98 Å². The first-order valence-electron chi connectivity index (χ1n) is 8.23. The quantitative estimate of drug-likeness (QED) is 0.770. The van der Waals surface area contributed by atoms with Gasteiger partial charge in [0.05, 0.1) is 22.7 Å². The van der Waals surface area contributed by atoms with Crippen molar-refractivity contribution in [3.8, 4) is 0 Å². The molecule has 0 unspecified atom stereocenters. The third kappa shape index (κ3) is 3.37. The second-order valence-corrected chi connectivity index (χ2v) is 7.25. The Morgan fingerprint density at radius 3 is 2.52 bits per heavy atom. The first-order valence-corrected chi connectivity index (χ1v) is 9.22. The third-order valence-corrected chi connectivity index (χ3v) is 5.07. The Labute approximate surface area is 152 Å². The highest BCUT2D eigenvalue weighted by Crippen LogP contribution is 2.37. The molecule has 2 heterocycles. The summed E-state index contributed by atoms with van der Waals surface area (Å²) >= 11 is 1.43. The number of benzene rings is 1. The molecule has 0 saturated carbocycles. The van der Waals surface area contributed by atoms with Crippen molar-refractivity contribution in [3.05, 3.63) is 69.9 Å². The maximum absolute atomic E-state index is 13.0. The molecule has 0 aliphatic carbocycles. The molecule has 0 saturated heterocycles. The number of imide groups is 1. The van der Waals surface area contributed by atoms with Gasteiger partial charge in [0.15, 0.2) is 0 Å². The Morgan fingerprint density at radius 1 is 1.08 bits per heavy atom. The highest BCUT2D eigenvalue weighted by Gasteiger charge is 2.39. The van der Waals surface area contributed by atoms with Crippen LogP contribution in [0.15, 0.2) is 47.5 Å². The average Bonchev–Trinajstić information content (AvgIpc) is 2.81. The summed E-state index contributed by atoms with van der Waals surface area (Å²) in [6.07, 6.45) is 1.67. The van der Waals surface area contributed by atoms with Gasteiger partial charge in [-0.1, -0.05) is 36.8 Å². The van der Waals surface area contributed by atoms with E-state index >= 15 is 0 Å². The number of aromatic nitrogens is 1. The van der Waals surface area contributed by atoms with Crippen molar-refractivity contribution in [1.82, 2.24) is 9.88 Å². The highest BCUT2D eigenvalue weighted by molar-refractivity contribution is 8.04. The fourth-order valence-corrected chi connectivity index (χ4v) is 3.82. The molecule has 1 aromatic carbocycles. The Hall–Kier alpha value is -2.40. The first-order chi connectivity index (χ1) is 12.0. The van der Waals surface area contributed by atoms with Gasteiger partial charge in [-0.3, -0.25) is 19.5 Å². The van der Waals surface area contributed by atoms with Crippen LogP contribution >= 0.6 is 11.8 Å². The Morgan fingerprint density at radius 2 is 1.88 bits per heavy atom. The van der Waals surface area contributed by atoms with E-state index in [1.54, 1.807) is 6.20 Å². The zero-order valence-corrected chi connectivity index (χ0v) is 15.4. The molecule has 0 bridgehead atoms. The van der Waals surface area contributed by atoms with Crippen LogP contribution in [0.5, 0.6) is 0 Å². The molecule has 0 atom stereocenters. The summed E-state index contributed by atoms with van der Waals surface area (Å²) in [5, 5.41) is 0. The van der Waals surface area contributed by atoms with Crippen LogP contribution in [0.1, 0.15) is 29.3 Å². The van der Waals surface area contributed by atoms with Crippen molar-refractivity contribution >= 4 is 29.1 Å². The van der Waals surface area contributed by atoms with Crippen molar-refractivity contribution in [2.24, 2.45) is 0 Å². The van der Waals surface area contributed by atoms with Crippen LogP contribution in [0.25, 0.3) is 5.57 Å². The summed E-state index contributed by atoms with van der Waals surface area (Å²) in [4.78, 5) is 32.0. The lowest BCUT2D eigenvalue weighted by atomic mass is 9.99. The smallest absolute Gasteiger partial charge is 0.268 e. The fraction of sp³-hybridized carbons (Fsp3) is 0.250. The van der Waals surface area contributed by atoms with Crippen molar-refractivity contribution in [2.45, 2.75) is 27.3 Å². The predicted octanol–water partition coefficient (Wildman–Crippen LogP) is 3.73. The maximum atomic E-state index is 13.0. The molecule has 128 valence electrons. The molecule has 0 fully saturated rings. The SMILES string of the molecule is CCSC1=C(c2ccc(C)cc2C)C(=O)N(Cc2ccccn2)C1=O. The molecule has 25 heavy (non-hydrogen) atoms. The summed E-state index contributed by atoms with van der Waals surface area (Å²) in [7, 11) is 0. The third-order valence-electron chi connectivity index (χ3n) is 4.11. The number of rotatable bonds is 5. The lowest BCUT2D eigenvalue weighted by Gasteiger charge is -2.15. The molecule has 2 amide bonds. The van der Waals surface area contributed by atoms with E-state index in [4.69, 9.17) is 0 Å². The Kier molecular flexibility index (Phi) is 5.04. The summed E-state index contributed by atoms with van der Waals surface area (Å²) in [6.45, 7) is 6.17. The number of thioether (sulfide) groups is 1. The molecule has 5 heteroatoms. The molecule has 0 radical (unpaired) electrons. The Bertz CT molecular complexity index is 859. The molecule has 1 aliphatic heterocycles. The van der Waals surface area contributed by atoms with Gasteiger partial charge in [0.25, 0.3) is 11.8 Å². The second-order valence-electron chi connectivity index (χ2n) is 5.97. The minimum atomic E-state index is -0.237. The largest absolute Gasteiger partial charge is 0.269 e. The van der Waals surface area contributed by atoms with Crippen LogP contribution in [0.3, 0.4) is 0 Å². The van der Waals surface area contributed by atoms with Gasteiger partial charge in [-0.2, -0.15) is 0 Å². The molecule has 3 rings (SSSR count). The highest BCUT2D eigenvalue weighted by atomic mass is 32.2. The molecule has 2 aromatic rings. The number of carbonyl (C=O) groups excluding carboxylic acids is 2. The van der Waals surface area contributed by atoms with E-state index in [9.17, 15) is 9.59 Å². The minimum Gasteiger partial charge on any atom is -0.269 e. The van der Waals surface area contributed by atoms with Crippen molar-refractivity contribution in [1.29, 1.82) is 0 Å². The van der Waals surface area contributed by atoms with E-state index in [1.807, 2.05) is 57.2 Å². The second kappa shape index (κ2) is 7.23. The van der Waals surface area contributed by atoms with Gasteiger partial charge >= 0.3 is 0 Å². The van der Waals surface area contributed by atoms with Crippen LogP contribution in [-0.4, -0.2) is 27.5 Å². The number of pyridine rings is 1. The first kappa shape index (κ1) is 17.4. The molecule has 4 nitrogen and oxygen atoms in total. The predicted molar refractivity (Wildman–Crippen MR) is 101 cm³/mol. The van der Waals surface area contributed by atoms with Gasteiger partial charge in [0.1, 0.15) is 0 Å². The molecule has 0 N–H and O–H groups in total. The van der Waals surface area contributed by atoms with Crippen LogP contribution in [0, 0.1) is 13.8 Å². The summed E-state index contributed by atoms with van der Waals surface area (Å²) in [5.74, 6) is 0.274. The number of nitrogens with zero attached hydrogens (tertiary/aromatic N) is 2. The van der Waals surface area contributed by atoms with Gasteiger partial charge in [-0.25, -0.2) is 0 Å². The van der Waals surface area contributed by atoms with Crippen LogP contribution in [-0.2, 0) is 16.1 Å². The van der Waals surface area contributed by atoms with E-state index in [1.165, 1.54) is 16.7 Å². The van der Waals surface area contributed by atoms with Crippen molar-refractivity contribution in [2.75, 3.05) is 5.75 Å². The summed E-state index contributed by atoms with van der Waals surface area (Å²) in [5.41, 5.74) is 4.19. The topological polar surface area (TPSA) is 50.3 Å². The maximum Gasteiger partial charge on any atom is 0.268 e. The molecule has 0 spiro atoms. The number of hydrogen-bond acceptors (Lipinski definition) is 4. The van der Waals surface area contributed by atoms with Crippen molar-refractivity contribution < 1.29 is 9.59 Å². The van der Waals surface area contributed by atoms with E-state index < -0.39 is 0 Å². The zero-order chi connectivity index (χ0) is 18.0. The van der Waals surface area contributed by atoms with Gasteiger partial charge in [-0.15, -0.1) is 11.8 Å². The van der Waals surface area contributed by atoms with Gasteiger partial charge < -0.3 is 0 Å². The molecular weight excluding hydrogens is 332 g/mol. The lowest BCUT2D eigenvalue weighted by Crippen LogP contribution is -2.31. The average molecular weight is 352 g/mol. The van der Waals surface area contributed by atoms with Crippen molar-refractivity contribution in [3.63, 3.8) is 0 Å². The standard InChI is InChI=1S/C20H20N2O2S/c1-4-25-18-17(16-9-8-13(2)11-14(16)3)19(23)22(20(18)24)12-15-7-5-6-10-21-15/h5-11H,4,12H2,1-3H3. The van der Waals surface area contributed by atoms with E-state index in [0.29, 0.717) is 16.2 Å². The van der Waals surface area contributed by atoms with Crippen LogP contribution < -0.4 is 0 Å². The molecule has 1 aromatic heterocycles. The summed E-state index contributed by atoms with van der Waals surface area (Å²) in [6, 6.07) is 11.4. The fourth-order valence-electron chi connectivity index (χ4n) is 2.96. The lowest BCUT2D eigenvalue weighted by molar-refractivity contribution is -0.137. The van der Waals surface area contributed by atoms with E-state index in [-0.39, 0.29) is 18.4 Å². The number of carbonyl (C=O) groups is 2. The zero-order valence-electron chi connectivity index (χ0n) is 14.6. The van der Waals surface area contributed by atoms with Gasteiger partial charge in [-0.05, 0) is 42.9 Å². The van der Waals surface area contributed by atoms with Crippen LogP contribution in [0.2, 0.25) is 0 Å². The van der Waals surface area contributed by atoms with E-state index in [0.717, 1.165) is 22.4 Å². The van der Waals surface area contributed by atoms with Gasteiger partial charge in [0, 0.05) is 6.20 Å². The molecular formula is C20H20N2O2S. The number of hydrogen-bond donors (Lipinski definition) is 0. The Balaban J connectivity index is 2.02. The minimum absolute atomic E-state index is 0.195. The monoisotopic (exact) mass is 352 g/mol. The van der Waals surface area contributed by atoms with Gasteiger partial charge in [0.2, 0.25) is 0 Å².